The number of amides is 1. The van der Waals surface area contributed by atoms with Gasteiger partial charge in [-0.15, -0.1) is 0 Å². The molecule has 3 rings (SSSR count). The van der Waals surface area contributed by atoms with Gasteiger partial charge in [0, 0.05) is 12.2 Å². The van der Waals surface area contributed by atoms with E-state index < -0.39 is 10.1 Å². The van der Waals surface area contributed by atoms with Crippen LogP contribution in [0.3, 0.4) is 0 Å². The minimum absolute atomic E-state index is 0.0667. The van der Waals surface area contributed by atoms with Crippen LogP contribution in [0.5, 0.6) is 0 Å². The first-order valence-electron chi connectivity index (χ1n) is 6.54. The van der Waals surface area contributed by atoms with Gasteiger partial charge >= 0.3 is 0 Å². The highest BCUT2D eigenvalue weighted by Crippen LogP contribution is 2.25. The minimum atomic E-state index is -3.43. The summed E-state index contributed by atoms with van der Waals surface area (Å²) in [6.45, 7) is 0. The average molecular weight is 309 g/mol. The monoisotopic (exact) mass is 309 g/mol. The number of carbonyl (C=O) groups excluding carboxylic acids is 1. The Labute approximate surface area is 122 Å². The van der Waals surface area contributed by atoms with Crippen LogP contribution in [0, 0.1) is 0 Å². The number of hydrogen-bond donors (Lipinski definition) is 1. The topological polar surface area (TPSA) is 89.8 Å². The Morgan fingerprint density at radius 3 is 2.90 bits per heavy atom. The summed E-state index contributed by atoms with van der Waals surface area (Å²) in [5.41, 5.74) is 1.24. The number of carbonyl (C=O) groups is 1. The van der Waals surface area contributed by atoms with Crippen LogP contribution in [-0.2, 0) is 14.3 Å². The summed E-state index contributed by atoms with van der Waals surface area (Å²) < 4.78 is 28.4. The summed E-state index contributed by atoms with van der Waals surface area (Å²) >= 11 is 0. The van der Waals surface area contributed by atoms with Gasteiger partial charge in [-0.3, -0.25) is 8.98 Å². The third-order valence-corrected chi connectivity index (χ3v) is 4.03. The molecule has 0 aliphatic heterocycles. The molecule has 2 heterocycles. The number of rotatable bonds is 4. The number of fused-ring (bicyclic) bond motifs is 1. The number of hydrogen-bond acceptors (Lipinski definition) is 5. The standard InChI is InChI=1S/C13H15N3O4S/c1-21(18,19)20-10-6-9(7-10)15-13(17)11-8-14-16-5-3-2-4-12(11)16/h2-5,8-10H,6-7H2,1H3,(H,15,17)/t9-,10+. The van der Waals surface area contributed by atoms with E-state index in [2.05, 4.69) is 10.4 Å². The lowest BCUT2D eigenvalue weighted by Gasteiger charge is -2.34. The Morgan fingerprint density at radius 2 is 2.19 bits per heavy atom. The average Bonchev–Trinajstić information content (AvgIpc) is 2.78. The molecule has 1 amide bonds. The smallest absolute Gasteiger partial charge is 0.264 e. The highest BCUT2D eigenvalue weighted by molar-refractivity contribution is 7.86. The first kappa shape index (κ1) is 14.0. The van der Waals surface area contributed by atoms with Crippen molar-refractivity contribution < 1.29 is 17.4 Å². The Bertz CT molecular complexity index is 778. The van der Waals surface area contributed by atoms with Gasteiger partial charge in [0.2, 0.25) is 0 Å². The third-order valence-electron chi connectivity index (χ3n) is 3.41. The summed E-state index contributed by atoms with van der Waals surface area (Å²) in [6, 6.07) is 5.43. The van der Waals surface area contributed by atoms with Crippen LogP contribution in [0.25, 0.3) is 5.52 Å². The predicted molar refractivity (Wildman–Crippen MR) is 75.4 cm³/mol. The Morgan fingerprint density at radius 1 is 1.43 bits per heavy atom. The van der Waals surface area contributed by atoms with E-state index >= 15 is 0 Å². The molecule has 0 radical (unpaired) electrons. The molecule has 0 saturated heterocycles. The van der Waals surface area contributed by atoms with Crippen LogP contribution < -0.4 is 5.32 Å². The van der Waals surface area contributed by atoms with Crippen molar-refractivity contribution >= 4 is 21.5 Å². The SMILES string of the molecule is CS(=O)(=O)O[C@H]1C[C@@H](NC(=O)c2cnn3ccccc23)C1. The van der Waals surface area contributed by atoms with Gasteiger partial charge in [0.1, 0.15) is 0 Å². The maximum absolute atomic E-state index is 12.2. The molecular weight excluding hydrogens is 294 g/mol. The summed E-state index contributed by atoms with van der Waals surface area (Å²) in [6.07, 6.45) is 4.97. The van der Waals surface area contributed by atoms with E-state index in [-0.39, 0.29) is 18.1 Å². The van der Waals surface area contributed by atoms with Crippen LogP contribution in [0.15, 0.2) is 30.6 Å². The maximum Gasteiger partial charge on any atom is 0.264 e. The van der Waals surface area contributed by atoms with Gasteiger partial charge in [0.15, 0.2) is 0 Å². The molecule has 2 aromatic rings. The summed E-state index contributed by atoms with van der Waals surface area (Å²) in [7, 11) is -3.43. The van der Waals surface area contributed by atoms with E-state index in [1.807, 2.05) is 18.2 Å². The van der Waals surface area contributed by atoms with Gasteiger partial charge in [0.05, 0.1) is 29.6 Å². The van der Waals surface area contributed by atoms with Gasteiger partial charge in [-0.2, -0.15) is 13.5 Å². The van der Waals surface area contributed by atoms with E-state index in [0.717, 1.165) is 11.8 Å². The van der Waals surface area contributed by atoms with Crippen molar-refractivity contribution in [2.45, 2.75) is 25.0 Å². The Balaban J connectivity index is 1.61. The summed E-state index contributed by atoms with van der Waals surface area (Å²) in [4.78, 5) is 12.2. The van der Waals surface area contributed by atoms with Crippen molar-refractivity contribution in [3.8, 4) is 0 Å². The van der Waals surface area contributed by atoms with E-state index in [1.54, 1.807) is 10.7 Å². The van der Waals surface area contributed by atoms with Crippen LogP contribution >= 0.6 is 0 Å². The molecule has 1 aliphatic rings. The van der Waals surface area contributed by atoms with E-state index in [1.165, 1.54) is 6.20 Å². The largest absolute Gasteiger partial charge is 0.349 e. The zero-order chi connectivity index (χ0) is 15.0. The first-order valence-corrected chi connectivity index (χ1v) is 8.35. The van der Waals surface area contributed by atoms with Crippen LogP contribution in [-0.4, -0.2) is 42.3 Å². The maximum atomic E-state index is 12.2. The van der Waals surface area contributed by atoms with Crippen molar-refractivity contribution in [1.82, 2.24) is 14.9 Å². The fourth-order valence-electron chi connectivity index (χ4n) is 2.38. The highest BCUT2D eigenvalue weighted by Gasteiger charge is 2.34. The quantitative estimate of drug-likeness (QED) is 0.834. The van der Waals surface area contributed by atoms with E-state index in [0.29, 0.717) is 18.4 Å². The van der Waals surface area contributed by atoms with Gasteiger partial charge < -0.3 is 5.32 Å². The van der Waals surface area contributed by atoms with E-state index in [4.69, 9.17) is 4.18 Å². The Kier molecular flexibility index (Phi) is 3.42. The second-order valence-corrected chi connectivity index (χ2v) is 6.75. The van der Waals surface area contributed by atoms with Crippen LogP contribution in [0.2, 0.25) is 0 Å². The van der Waals surface area contributed by atoms with Crippen LogP contribution in [0.1, 0.15) is 23.2 Å². The van der Waals surface area contributed by atoms with Crippen molar-refractivity contribution in [1.29, 1.82) is 0 Å². The molecule has 1 fully saturated rings. The van der Waals surface area contributed by atoms with Gasteiger partial charge in [0.25, 0.3) is 16.0 Å². The van der Waals surface area contributed by atoms with Crippen molar-refractivity contribution in [3.63, 3.8) is 0 Å². The fourth-order valence-corrected chi connectivity index (χ4v) is 3.03. The second kappa shape index (κ2) is 5.12. The number of pyridine rings is 1. The lowest BCUT2D eigenvalue weighted by molar-refractivity contribution is 0.0738. The summed E-state index contributed by atoms with van der Waals surface area (Å²) in [5, 5.41) is 6.97. The Hall–Kier alpha value is -1.93. The minimum Gasteiger partial charge on any atom is -0.349 e. The molecule has 1 N–H and O–H groups in total. The molecule has 21 heavy (non-hydrogen) atoms. The zero-order valence-corrected chi connectivity index (χ0v) is 12.2. The van der Waals surface area contributed by atoms with Gasteiger partial charge in [-0.05, 0) is 25.0 Å². The van der Waals surface area contributed by atoms with Crippen molar-refractivity contribution in [2.24, 2.45) is 0 Å². The molecule has 0 bridgehead atoms. The van der Waals surface area contributed by atoms with Crippen molar-refractivity contribution in [2.75, 3.05) is 6.26 Å². The highest BCUT2D eigenvalue weighted by atomic mass is 32.2. The molecule has 2 aromatic heterocycles. The summed E-state index contributed by atoms with van der Waals surface area (Å²) in [5.74, 6) is -0.209. The molecule has 8 heteroatoms. The predicted octanol–water partition coefficient (Wildman–Crippen LogP) is 0.571. The molecule has 1 saturated carbocycles. The number of aromatic nitrogens is 2. The molecule has 0 unspecified atom stereocenters. The number of nitrogens with one attached hydrogen (secondary N) is 1. The first-order chi connectivity index (χ1) is 9.92. The lowest BCUT2D eigenvalue weighted by atomic mass is 9.89. The fraction of sp³-hybridized carbons (Fsp3) is 0.385. The van der Waals surface area contributed by atoms with Crippen LogP contribution in [0.4, 0.5) is 0 Å². The second-order valence-electron chi connectivity index (χ2n) is 5.15. The molecule has 1 aliphatic carbocycles. The van der Waals surface area contributed by atoms with Gasteiger partial charge in [-0.1, -0.05) is 6.07 Å². The number of nitrogens with zero attached hydrogens (tertiary/aromatic N) is 2. The zero-order valence-electron chi connectivity index (χ0n) is 11.4. The molecular formula is C13H15N3O4S. The van der Waals surface area contributed by atoms with Crippen molar-refractivity contribution in [3.05, 3.63) is 36.2 Å². The molecule has 0 aromatic carbocycles. The molecule has 0 spiro atoms. The molecule has 0 atom stereocenters. The third kappa shape index (κ3) is 3.06. The molecule has 7 nitrogen and oxygen atoms in total. The molecule has 112 valence electrons. The lowest BCUT2D eigenvalue weighted by Crippen LogP contribution is -2.48. The van der Waals surface area contributed by atoms with Gasteiger partial charge in [-0.25, -0.2) is 4.52 Å². The normalized spacial score (nSPS) is 22.0. The van der Waals surface area contributed by atoms with E-state index in [9.17, 15) is 13.2 Å².